The van der Waals surface area contributed by atoms with Crippen LogP contribution in [0.25, 0.3) is 0 Å². The number of ether oxygens (including phenoxy) is 1. The zero-order chi connectivity index (χ0) is 16.9. The van der Waals surface area contributed by atoms with Crippen molar-refractivity contribution in [1.82, 2.24) is 4.90 Å². The summed E-state index contributed by atoms with van der Waals surface area (Å²) in [6.07, 6.45) is 0. The minimum absolute atomic E-state index is 0.00907. The van der Waals surface area contributed by atoms with Crippen LogP contribution in [0.1, 0.15) is 11.5 Å². The molecule has 2 atom stereocenters. The second kappa shape index (κ2) is 7.81. The Morgan fingerprint density at radius 2 is 1.83 bits per heavy atom. The molecular formula is C19H21BrN2O2. The highest BCUT2D eigenvalue weighted by Crippen LogP contribution is 2.32. The SMILES string of the molecule is NC[C@@H]1CN(C(=O)COc2ccc(Br)cc2)C[C@H]1c1ccccc1. The number of halogens is 1. The van der Waals surface area contributed by atoms with E-state index < -0.39 is 0 Å². The molecule has 2 N–H and O–H groups in total. The van der Waals surface area contributed by atoms with Gasteiger partial charge in [0.1, 0.15) is 5.75 Å². The van der Waals surface area contributed by atoms with Crippen molar-refractivity contribution in [3.05, 3.63) is 64.6 Å². The first-order valence-corrected chi connectivity index (χ1v) is 8.88. The van der Waals surface area contributed by atoms with Crippen LogP contribution < -0.4 is 10.5 Å². The quantitative estimate of drug-likeness (QED) is 0.856. The Bertz CT molecular complexity index is 676. The third-order valence-corrected chi connectivity index (χ3v) is 5.03. The highest BCUT2D eigenvalue weighted by atomic mass is 79.9. The molecule has 2 aromatic rings. The van der Waals surface area contributed by atoms with Gasteiger partial charge in [0.15, 0.2) is 6.61 Å². The Morgan fingerprint density at radius 3 is 2.50 bits per heavy atom. The molecule has 1 aliphatic rings. The average Bonchev–Trinajstić information content (AvgIpc) is 3.06. The number of nitrogens with zero attached hydrogens (tertiary/aromatic N) is 1. The van der Waals surface area contributed by atoms with Crippen LogP contribution in [0.2, 0.25) is 0 Å². The van der Waals surface area contributed by atoms with Crippen LogP contribution in [-0.2, 0) is 4.79 Å². The van der Waals surface area contributed by atoms with E-state index in [9.17, 15) is 4.79 Å². The number of hydrogen-bond donors (Lipinski definition) is 1. The predicted molar refractivity (Wildman–Crippen MR) is 97.9 cm³/mol. The summed E-state index contributed by atoms with van der Waals surface area (Å²) in [4.78, 5) is 14.3. The van der Waals surface area contributed by atoms with Gasteiger partial charge < -0.3 is 15.4 Å². The summed E-state index contributed by atoms with van der Waals surface area (Å²) < 4.78 is 6.59. The maximum Gasteiger partial charge on any atom is 0.260 e. The van der Waals surface area contributed by atoms with E-state index in [0.29, 0.717) is 37.2 Å². The number of hydrogen-bond acceptors (Lipinski definition) is 3. The van der Waals surface area contributed by atoms with Crippen molar-refractivity contribution >= 4 is 21.8 Å². The zero-order valence-corrected chi connectivity index (χ0v) is 15.0. The maximum absolute atomic E-state index is 12.5. The van der Waals surface area contributed by atoms with Crippen LogP contribution in [0.3, 0.4) is 0 Å². The van der Waals surface area contributed by atoms with Crippen LogP contribution in [0, 0.1) is 5.92 Å². The fraction of sp³-hybridized carbons (Fsp3) is 0.316. The molecule has 3 rings (SSSR count). The molecule has 126 valence electrons. The van der Waals surface area contributed by atoms with E-state index in [1.165, 1.54) is 5.56 Å². The van der Waals surface area contributed by atoms with Crippen molar-refractivity contribution in [3.63, 3.8) is 0 Å². The molecule has 24 heavy (non-hydrogen) atoms. The zero-order valence-electron chi connectivity index (χ0n) is 13.4. The van der Waals surface area contributed by atoms with Gasteiger partial charge in [0.2, 0.25) is 0 Å². The molecule has 1 fully saturated rings. The molecule has 4 nitrogen and oxygen atoms in total. The van der Waals surface area contributed by atoms with Crippen LogP contribution >= 0.6 is 15.9 Å². The Balaban J connectivity index is 1.60. The van der Waals surface area contributed by atoms with Crippen molar-refractivity contribution < 1.29 is 9.53 Å². The molecule has 0 bridgehead atoms. The number of nitrogens with two attached hydrogens (primary N) is 1. The van der Waals surface area contributed by atoms with E-state index in [0.717, 1.165) is 4.47 Å². The van der Waals surface area contributed by atoms with E-state index in [4.69, 9.17) is 10.5 Å². The van der Waals surface area contributed by atoms with E-state index in [-0.39, 0.29) is 12.5 Å². The van der Waals surface area contributed by atoms with Crippen molar-refractivity contribution in [2.75, 3.05) is 26.2 Å². The number of rotatable bonds is 5. The van der Waals surface area contributed by atoms with Gasteiger partial charge in [-0.3, -0.25) is 4.79 Å². The summed E-state index contributed by atoms with van der Waals surface area (Å²) in [6.45, 7) is 2.03. The number of amides is 1. The summed E-state index contributed by atoms with van der Waals surface area (Å²) >= 11 is 3.38. The van der Waals surface area contributed by atoms with Crippen molar-refractivity contribution in [3.8, 4) is 5.75 Å². The van der Waals surface area contributed by atoms with Gasteiger partial charge in [-0.25, -0.2) is 0 Å². The number of benzene rings is 2. The number of carbonyl (C=O) groups excluding carboxylic acids is 1. The fourth-order valence-corrected chi connectivity index (χ4v) is 3.42. The van der Waals surface area contributed by atoms with Gasteiger partial charge in [0.05, 0.1) is 0 Å². The Labute approximate surface area is 150 Å². The molecule has 2 aromatic carbocycles. The van der Waals surface area contributed by atoms with Crippen molar-refractivity contribution in [2.24, 2.45) is 11.7 Å². The molecule has 0 saturated carbocycles. The van der Waals surface area contributed by atoms with E-state index in [1.807, 2.05) is 47.4 Å². The summed E-state index contributed by atoms with van der Waals surface area (Å²) in [5.74, 6) is 1.30. The van der Waals surface area contributed by atoms with Gasteiger partial charge >= 0.3 is 0 Å². The molecule has 1 saturated heterocycles. The van der Waals surface area contributed by atoms with Gasteiger partial charge in [-0.15, -0.1) is 0 Å². The first kappa shape index (κ1) is 17.0. The highest BCUT2D eigenvalue weighted by molar-refractivity contribution is 9.10. The minimum atomic E-state index is 0.00907. The molecule has 0 unspecified atom stereocenters. The summed E-state index contributed by atoms with van der Waals surface area (Å²) in [5, 5.41) is 0. The van der Waals surface area contributed by atoms with E-state index in [1.54, 1.807) is 0 Å². The summed E-state index contributed by atoms with van der Waals surface area (Å²) in [5.41, 5.74) is 7.18. The van der Waals surface area contributed by atoms with Crippen LogP contribution in [0.5, 0.6) is 5.75 Å². The lowest BCUT2D eigenvalue weighted by Gasteiger charge is -2.17. The number of carbonyl (C=O) groups is 1. The third kappa shape index (κ3) is 3.97. The molecule has 5 heteroatoms. The average molecular weight is 389 g/mol. The standard InChI is InChI=1S/C19H21BrN2O2/c20-16-6-8-17(9-7-16)24-13-19(23)22-11-15(10-21)18(12-22)14-4-2-1-3-5-14/h1-9,15,18H,10-13,21H2/t15-,18+/m1/s1. The first-order valence-electron chi connectivity index (χ1n) is 8.08. The predicted octanol–water partition coefficient (Wildman–Crippen LogP) is 3.03. The van der Waals surface area contributed by atoms with Gasteiger partial charge in [0.25, 0.3) is 5.91 Å². The van der Waals surface area contributed by atoms with Crippen molar-refractivity contribution in [2.45, 2.75) is 5.92 Å². The molecule has 0 aromatic heterocycles. The van der Waals surface area contributed by atoms with E-state index >= 15 is 0 Å². The largest absolute Gasteiger partial charge is 0.484 e. The van der Waals surface area contributed by atoms with Gasteiger partial charge in [-0.05, 0) is 42.3 Å². The lowest BCUT2D eigenvalue weighted by Crippen LogP contribution is -2.33. The smallest absolute Gasteiger partial charge is 0.260 e. The Morgan fingerprint density at radius 1 is 1.12 bits per heavy atom. The second-order valence-electron chi connectivity index (χ2n) is 6.05. The summed E-state index contributed by atoms with van der Waals surface area (Å²) in [6, 6.07) is 17.8. The van der Waals surface area contributed by atoms with Crippen LogP contribution in [0.4, 0.5) is 0 Å². The molecule has 1 aliphatic heterocycles. The molecule has 0 radical (unpaired) electrons. The highest BCUT2D eigenvalue weighted by Gasteiger charge is 2.35. The number of likely N-dealkylation sites (tertiary alicyclic amines) is 1. The van der Waals surface area contributed by atoms with Crippen LogP contribution in [-0.4, -0.2) is 37.0 Å². The lowest BCUT2D eigenvalue weighted by atomic mass is 9.89. The topological polar surface area (TPSA) is 55.6 Å². The Hall–Kier alpha value is -1.85. The molecule has 0 aliphatic carbocycles. The van der Waals surface area contributed by atoms with Gasteiger partial charge in [-0.1, -0.05) is 46.3 Å². The fourth-order valence-electron chi connectivity index (χ4n) is 3.16. The van der Waals surface area contributed by atoms with Crippen molar-refractivity contribution in [1.29, 1.82) is 0 Å². The van der Waals surface area contributed by atoms with E-state index in [2.05, 4.69) is 28.1 Å². The van der Waals surface area contributed by atoms with Gasteiger partial charge in [-0.2, -0.15) is 0 Å². The molecular weight excluding hydrogens is 368 g/mol. The normalized spacial score (nSPS) is 20.2. The summed E-state index contributed by atoms with van der Waals surface area (Å²) in [7, 11) is 0. The second-order valence-corrected chi connectivity index (χ2v) is 6.97. The minimum Gasteiger partial charge on any atom is -0.484 e. The van der Waals surface area contributed by atoms with Gasteiger partial charge in [0, 0.05) is 23.5 Å². The molecule has 0 spiro atoms. The molecule has 1 heterocycles. The van der Waals surface area contributed by atoms with Crippen LogP contribution in [0.15, 0.2) is 59.1 Å². The molecule has 1 amide bonds. The Kier molecular flexibility index (Phi) is 5.53. The monoisotopic (exact) mass is 388 g/mol. The third-order valence-electron chi connectivity index (χ3n) is 4.50. The lowest BCUT2D eigenvalue weighted by molar-refractivity contribution is -0.132. The maximum atomic E-state index is 12.5. The first-order chi connectivity index (χ1) is 11.7.